The lowest BCUT2D eigenvalue weighted by atomic mass is 9.97. The van der Waals surface area contributed by atoms with Gasteiger partial charge >= 0.3 is 0 Å². The van der Waals surface area contributed by atoms with Gasteiger partial charge in [0.15, 0.2) is 0 Å². The molecule has 2 amide bonds. The molecule has 176 valence electrons. The molecule has 2 aliphatic heterocycles. The van der Waals surface area contributed by atoms with Crippen molar-refractivity contribution < 1.29 is 14.3 Å². The molecular formula is C27H35N3O3. The van der Waals surface area contributed by atoms with E-state index in [0.717, 1.165) is 24.1 Å². The zero-order valence-corrected chi connectivity index (χ0v) is 19.9. The Kier molecular flexibility index (Phi) is 7.33. The summed E-state index contributed by atoms with van der Waals surface area (Å²) in [6.45, 7) is 6.49. The fourth-order valence-electron chi connectivity index (χ4n) is 5.32. The molecular weight excluding hydrogens is 414 g/mol. The molecule has 4 rings (SSSR count). The fourth-order valence-corrected chi connectivity index (χ4v) is 5.32. The van der Waals surface area contributed by atoms with E-state index in [4.69, 9.17) is 4.74 Å². The Labute approximate surface area is 196 Å². The summed E-state index contributed by atoms with van der Waals surface area (Å²) < 4.78 is 5.47. The normalized spacial score (nSPS) is 22.8. The summed E-state index contributed by atoms with van der Waals surface area (Å²) in [7, 11) is 1.62. The number of carbonyl (C=O) groups excluding carboxylic acids is 2. The minimum absolute atomic E-state index is 0.118. The molecule has 0 spiro atoms. The van der Waals surface area contributed by atoms with Crippen LogP contribution in [0.5, 0.6) is 5.75 Å². The van der Waals surface area contributed by atoms with E-state index in [1.54, 1.807) is 18.1 Å². The number of likely N-dealkylation sites (tertiary alicyclic amines) is 1. The number of piperidine rings is 1. The molecule has 0 aliphatic carbocycles. The van der Waals surface area contributed by atoms with Crippen LogP contribution in [0.4, 0.5) is 0 Å². The largest absolute Gasteiger partial charge is 0.496 e. The molecule has 2 aromatic rings. The highest BCUT2D eigenvalue weighted by Gasteiger charge is 2.41. The number of rotatable bonds is 8. The number of amides is 2. The second kappa shape index (κ2) is 10.4. The number of hydrogen-bond acceptors (Lipinski definition) is 4. The Hall–Kier alpha value is -2.86. The van der Waals surface area contributed by atoms with Crippen LogP contribution >= 0.6 is 0 Å². The number of fused-ring (bicyclic) bond motifs is 1. The zero-order valence-electron chi connectivity index (χ0n) is 19.9. The van der Waals surface area contributed by atoms with Crippen LogP contribution in [0.15, 0.2) is 48.5 Å². The van der Waals surface area contributed by atoms with Gasteiger partial charge in [-0.3, -0.25) is 14.5 Å². The Morgan fingerprint density at radius 2 is 1.76 bits per heavy atom. The van der Waals surface area contributed by atoms with E-state index < -0.39 is 6.04 Å². The first-order chi connectivity index (χ1) is 16.0. The second-order valence-electron chi connectivity index (χ2n) is 9.25. The van der Waals surface area contributed by atoms with Crippen molar-refractivity contribution in [2.45, 2.75) is 64.2 Å². The van der Waals surface area contributed by atoms with E-state index in [0.29, 0.717) is 36.5 Å². The maximum Gasteiger partial charge on any atom is 0.255 e. The van der Waals surface area contributed by atoms with Crippen molar-refractivity contribution in [3.05, 3.63) is 65.2 Å². The molecule has 0 radical (unpaired) electrons. The molecule has 2 aliphatic rings. The van der Waals surface area contributed by atoms with Gasteiger partial charge in [0.2, 0.25) is 5.91 Å². The van der Waals surface area contributed by atoms with Gasteiger partial charge < -0.3 is 15.0 Å². The van der Waals surface area contributed by atoms with Gasteiger partial charge in [-0.15, -0.1) is 0 Å². The van der Waals surface area contributed by atoms with Crippen molar-refractivity contribution in [3.63, 3.8) is 0 Å². The van der Waals surface area contributed by atoms with Crippen LogP contribution in [0, 0.1) is 0 Å². The number of nitrogens with zero attached hydrogens (tertiary/aromatic N) is 2. The third-order valence-corrected chi connectivity index (χ3v) is 7.11. The topological polar surface area (TPSA) is 61.9 Å². The summed E-state index contributed by atoms with van der Waals surface area (Å²) in [5, 5.41) is 3.11. The van der Waals surface area contributed by atoms with Gasteiger partial charge in [0.1, 0.15) is 11.8 Å². The summed E-state index contributed by atoms with van der Waals surface area (Å²) in [6, 6.07) is 15.6. The Balaban J connectivity index is 1.45. The van der Waals surface area contributed by atoms with Gasteiger partial charge in [-0.25, -0.2) is 0 Å². The monoisotopic (exact) mass is 449 g/mol. The highest BCUT2D eigenvalue weighted by atomic mass is 16.5. The third kappa shape index (κ3) is 4.91. The van der Waals surface area contributed by atoms with E-state index in [1.165, 1.54) is 19.3 Å². The van der Waals surface area contributed by atoms with Crippen molar-refractivity contribution in [2.75, 3.05) is 20.2 Å². The lowest BCUT2D eigenvalue weighted by Crippen LogP contribution is -2.45. The first kappa shape index (κ1) is 23.3. The molecule has 1 N–H and O–H groups in total. The minimum atomic E-state index is -0.633. The van der Waals surface area contributed by atoms with Crippen LogP contribution < -0.4 is 10.1 Å². The lowest BCUT2D eigenvalue weighted by Gasteiger charge is -2.39. The number of para-hydroxylation sites is 1. The van der Waals surface area contributed by atoms with Gasteiger partial charge in [0, 0.05) is 36.3 Å². The van der Waals surface area contributed by atoms with Gasteiger partial charge in [-0.1, -0.05) is 42.8 Å². The smallest absolute Gasteiger partial charge is 0.255 e. The van der Waals surface area contributed by atoms with E-state index in [9.17, 15) is 9.59 Å². The van der Waals surface area contributed by atoms with Crippen LogP contribution in [-0.2, 0) is 11.3 Å². The van der Waals surface area contributed by atoms with Crippen LogP contribution in [-0.4, -0.2) is 53.9 Å². The molecule has 33 heavy (non-hydrogen) atoms. The quantitative estimate of drug-likeness (QED) is 0.615. The second-order valence-corrected chi connectivity index (χ2v) is 9.25. The average Bonchev–Trinajstić information content (AvgIpc) is 3.10. The highest BCUT2D eigenvalue weighted by molar-refractivity contribution is 6.04. The molecule has 0 bridgehead atoms. The molecule has 0 saturated carbocycles. The van der Waals surface area contributed by atoms with Crippen LogP contribution in [0.2, 0.25) is 0 Å². The summed E-state index contributed by atoms with van der Waals surface area (Å²) >= 11 is 0. The number of carbonyl (C=O) groups is 2. The summed E-state index contributed by atoms with van der Waals surface area (Å²) in [5.41, 5.74) is 2.25. The van der Waals surface area contributed by atoms with Gasteiger partial charge in [0.05, 0.1) is 13.7 Å². The minimum Gasteiger partial charge on any atom is -0.496 e. The van der Waals surface area contributed by atoms with Crippen LogP contribution in [0.3, 0.4) is 0 Å². The van der Waals surface area contributed by atoms with Crippen molar-refractivity contribution in [2.24, 2.45) is 0 Å². The van der Waals surface area contributed by atoms with Crippen LogP contribution in [0.1, 0.15) is 67.1 Å². The summed E-state index contributed by atoms with van der Waals surface area (Å²) in [4.78, 5) is 30.8. The Morgan fingerprint density at radius 1 is 1.06 bits per heavy atom. The summed E-state index contributed by atoms with van der Waals surface area (Å²) in [5.74, 6) is 0.473. The molecule has 6 nitrogen and oxygen atoms in total. The number of ether oxygens (including phenoxy) is 1. The van der Waals surface area contributed by atoms with E-state index in [-0.39, 0.29) is 11.8 Å². The molecule has 0 unspecified atom stereocenters. The third-order valence-electron chi connectivity index (χ3n) is 7.11. The molecule has 6 heteroatoms. The highest BCUT2D eigenvalue weighted by Crippen LogP contribution is 2.36. The number of methoxy groups -OCH3 is 1. The molecule has 3 atom stereocenters. The van der Waals surface area contributed by atoms with Crippen molar-refractivity contribution in [1.29, 1.82) is 0 Å². The molecule has 2 aromatic carbocycles. The fraction of sp³-hybridized carbons (Fsp3) is 0.481. The molecule has 2 heterocycles. The lowest BCUT2D eigenvalue weighted by molar-refractivity contribution is -0.125. The number of nitrogens with one attached hydrogen (secondary N) is 1. The van der Waals surface area contributed by atoms with E-state index >= 15 is 0 Å². The standard InChI is InChI=1S/C27H35N3O3/c1-19-10-8-11-20(2)29(19)17-9-16-28-26(31)25-22-13-5-6-14-23(22)27(32)30(25)18-21-12-4-7-15-24(21)33-3/h4-7,12-15,19-20,25H,8-11,16-18H2,1-3H3,(H,28,31)/t19-,20+,25-/m0/s1. The molecule has 0 aromatic heterocycles. The molecule has 1 fully saturated rings. The first-order valence-corrected chi connectivity index (χ1v) is 12.1. The maximum absolute atomic E-state index is 13.3. The maximum atomic E-state index is 13.3. The van der Waals surface area contributed by atoms with E-state index in [2.05, 4.69) is 24.1 Å². The van der Waals surface area contributed by atoms with Gasteiger partial charge in [-0.2, -0.15) is 0 Å². The van der Waals surface area contributed by atoms with Gasteiger partial charge in [0.25, 0.3) is 5.91 Å². The Morgan fingerprint density at radius 3 is 2.52 bits per heavy atom. The van der Waals surface area contributed by atoms with Crippen LogP contribution in [0.25, 0.3) is 0 Å². The van der Waals surface area contributed by atoms with Crippen molar-refractivity contribution in [1.82, 2.24) is 15.1 Å². The zero-order chi connectivity index (χ0) is 23.4. The first-order valence-electron chi connectivity index (χ1n) is 12.1. The van der Waals surface area contributed by atoms with Crippen molar-refractivity contribution >= 4 is 11.8 Å². The SMILES string of the molecule is COc1ccccc1CN1C(=O)c2ccccc2[C@H]1C(=O)NCCCN1[C@H](C)CCC[C@@H]1C. The summed E-state index contributed by atoms with van der Waals surface area (Å²) in [6.07, 6.45) is 4.69. The number of benzene rings is 2. The van der Waals surface area contributed by atoms with E-state index in [1.807, 2.05) is 42.5 Å². The predicted octanol–water partition coefficient (Wildman–Crippen LogP) is 4.16. The molecule has 1 saturated heterocycles. The van der Waals surface area contributed by atoms with Gasteiger partial charge in [-0.05, 0) is 50.8 Å². The van der Waals surface area contributed by atoms with Crippen molar-refractivity contribution in [3.8, 4) is 5.75 Å². The Bertz CT molecular complexity index is 982. The number of hydrogen-bond donors (Lipinski definition) is 1. The predicted molar refractivity (Wildman–Crippen MR) is 129 cm³/mol. The average molecular weight is 450 g/mol.